The molecule has 3 aromatic rings. The van der Waals surface area contributed by atoms with Crippen LogP contribution in [0.1, 0.15) is 10.4 Å². The van der Waals surface area contributed by atoms with Crippen LogP contribution in [-0.4, -0.2) is 30.4 Å². The Labute approximate surface area is 149 Å². The van der Waals surface area contributed by atoms with Crippen LogP contribution in [0.4, 0.5) is 4.39 Å². The summed E-state index contributed by atoms with van der Waals surface area (Å²) in [5.41, 5.74) is 1.29. The SMILES string of the molecule is COc1ccc(OC)c(-c2ccc(OC(=O)c3cccc(F)c3)nn2)c1. The van der Waals surface area contributed by atoms with Gasteiger partial charge in [0.05, 0.1) is 25.5 Å². The summed E-state index contributed by atoms with van der Waals surface area (Å²) in [6.07, 6.45) is 0. The second kappa shape index (κ2) is 7.60. The molecule has 3 rings (SSSR count). The summed E-state index contributed by atoms with van der Waals surface area (Å²) in [6.45, 7) is 0. The van der Waals surface area contributed by atoms with E-state index in [1.807, 2.05) is 0 Å². The first-order valence-corrected chi connectivity index (χ1v) is 7.64. The Morgan fingerprint density at radius 2 is 1.81 bits per heavy atom. The molecule has 1 heterocycles. The molecule has 0 atom stereocenters. The van der Waals surface area contributed by atoms with Crippen molar-refractivity contribution in [2.24, 2.45) is 0 Å². The van der Waals surface area contributed by atoms with Crippen LogP contribution in [0.3, 0.4) is 0 Å². The first kappa shape index (κ1) is 17.3. The van der Waals surface area contributed by atoms with Gasteiger partial charge < -0.3 is 14.2 Å². The lowest BCUT2D eigenvalue weighted by atomic mass is 10.1. The molecule has 0 radical (unpaired) electrons. The average molecular weight is 354 g/mol. The van der Waals surface area contributed by atoms with Crippen molar-refractivity contribution in [3.63, 3.8) is 0 Å². The Balaban J connectivity index is 1.82. The van der Waals surface area contributed by atoms with Crippen molar-refractivity contribution in [2.75, 3.05) is 14.2 Å². The van der Waals surface area contributed by atoms with Crippen molar-refractivity contribution in [2.45, 2.75) is 0 Å². The second-order valence-electron chi connectivity index (χ2n) is 5.22. The Bertz CT molecular complexity index is 929. The summed E-state index contributed by atoms with van der Waals surface area (Å²) in [6, 6.07) is 13.6. The Kier molecular flexibility index (Phi) is 5.07. The first-order chi connectivity index (χ1) is 12.6. The van der Waals surface area contributed by atoms with Gasteiger partial charge in [-0.2, -0.15) is 0 Å². The van der Waals surface area contributed by atoms with E-state index in [1.54, 1.807) is 38.5 Å². The van der Waals surface area contributed by atoms with E-state index < -0.39 is 11.8 Å². The third kappa shape index (κ3) is 3.77. The van der Waals surface area contributed by atoms with Gasteiger partial charge in [0.2, 0.25) is 5.88 Å². The zero-order chi connectivity index (χ0) is 18.5. The minimum Gasteiger partial charge on any atom is -0.497 e. The van der Waals surface area contributed by atoms with Gasteiger partial charge in [0.15, 0.2) is 0 Å². The summed E-state index contributed by atoms with van der Waals surface area (Å²) in [5.74, 6) is 0.00945. The molecule has 1 aromatic heterocycles. The van der Waals surface area contributed by atoms with E-state index in [-0.39, 0.29) is 11.4 Å². The minimum atomic E-state index is -0.717. The number of rotatable bonds is 5. The number of aromatic nitrogens is 2. The molecule has 0 fully saturated rings. The molecule has 2 aromatic carbocycles. The molecule has 0 spiro atoms. The second-order valence-corrected chi connectivity index (χ2v) is 5.22. The van der Waals surface area contributed by atoms with Gasteiger partial charge in [0.25, 0.3) is 0 Å². The molecule has 0 saturated carbocycles. The normalized spacial score (nSPS) is 10.3. The van der Waals surface area contributed by atoms with E-state index in [2.05, 4.69) is 10.2 Å². The van der Waals surface area contributed by atoms with E-state index in [1.165, 1.54) is 24.3 Å². The number of hydrogen-bond acceptors (Lipinski definition) is 6. The lowest BCUT2D eigenvalue weighted by Crippen LogP contribution is -2.10. The smallest absolute Gasteiger partial charge is 0.345 e. The molecule has 6 nitrogen and oxygen atoms in total. The highest BCUT2D eigenvalue weighted by Crippen LogP contribution is 2.32. The zero-order valence-electron chi connectivity index (χ0n) is 14.1. The van der Waals surface area contributed by atoms with E-state index in [0.717, 1.165) is 6.07 Å². The van der Waals surface area contributed by atoms with Crippen molar-refractivity contribution >= 4 is 5.97 Å². The van der Waals surface area contributed by atoms with Gasteiger partial charge in [-0.15, -0.1) is 10.2 Å². The van der Waals surface area contributed by atoms with Crippen LogP contribution in [0.2, 0.25) is 0 Å². The number of esters is 1. The van der Waals surface area contributed by atoms with Crippen LogP contribution >= 0.6 is 0 Å². The molecule has 0 aliphatic heterocycles. The molecule has 0 amide bonds. The van der Waals surface area contributed by atoms with E-state index in [4.69, 9.17) is 14.2 Å². The largest absolute Gasteiger partial charge is 0.497 e. The average Bonchev–Trinajstić information content (AvgIpc) is 2.68. The fourth-order valence-corrected chi connectivity index (χ4v) is 2.30. The van der Waals surface area contributed by atoms with E-state index >= 15 is 0 Å². The fraction of sp³-hybridized carbons (Fsp3) is 0.105. The van der Waals surface area contributed by atoms with Crippen LogP contribution in [-0.2, 0) is 0 Å². The molecule has 7 heteroatoms. The van der Waals surface area contributed by atoms with Gasteiger partial charge in [-0.3, -0.25) is 0 Å². The number of nitrogens with zero attached hydrogens (tertiary/aromatic N) is 2. The quantitative estimate of drug-likeness (QED) is 0.653. The number of hydrogen-bond donors (Lipinski definition) is 0. The third-order valence-electron chi connectivity index (χ3n) is 3.58. The highest BCUT2D eigenvalue weighted by atomic mass is 19.1. The molecule has 0 unspecified atom stereocenters. The zero-order valence-corrected chi connectivity index (χ0v) is 14.1. The minimum absolute atomic E-state index is 0.00451. The first-order valence-electron chi connectivity index (χ1n) is 7.64. The maximum Gasteiger partial charge on any atom is 0.345 e. The van der Waals surface area contributed by atoms with Crippen LogP contribution in [0, 0.1) is 5.82 Å². The van der Waals surface area contributed by atoms with Crippen molar-refractivity contribution in [1.82, 2.24) is 10.2 Å². The molecule has 26 heavy (non-hydrogen) atoms. The Morgan fingerprint density at radius 1 is 0.962 bits per heavy atom. The number of carbonyl (C=O) groups excluding carboxylic acids is 1. The van der Waals surface area contributed by atoms with Crippen LogP contribution in [0.15, 0.2) is 54.6 Å². The Hall–Kier alpha value is -3.48. The van der Waals surface area contributed by atoms with Gasteiger partial charge in [0, 0.05) is 11.6 Å². The number of benzene rings is 2. The van der Waals surface area contributed by atoms with Crippen molar-refractivity contribution in [3.05, 3.63) is 66.0 Å². The summed E-state index contributed by atoms with van der Waals surface area (Å²) < 4.78 is 28.8. The van der Waals surface area contributed by atoms with Gasteiger partial charge in [-0.1, -0.05) is 6.07 Å². The standard InChI is InChI=1S/C19H15FN2O4/c1-24-14-6-8-17(25-2)15(11-14)16-7-9-18(22-21-16)26-19(23)12-4-3-5-13(20)10-12/h3-11H,1-2H3. The summed E-state index contributed by atoms with van der Waals surface area (Å²) in [5, 5.41) is 7.95. The molecule has 132 valence electrons. The summed E-state index contributed by atoms with van der Waals surface area (Å²) in [4.78, 5) is 12.0. The number of methoxy groups -OCH3 is 2. The highest BCUT2D eigenvalue weighted by molar-refractivity contribution is 5.90. The lowest BCUT2D eigenvalue weighted by Gasteiger charge is -2.10. The number of halogens is 1. The van der Waals surface area contributed by atoms with Gasteiger partial charge in [-0.25, -0.2) is 9.18 Å². The predicted molar refractivity (Wildman–Crippen MR) is 91.9 cm³/mol. The molecule has 0 N–H and O–H groups in total. The van der Waals surface area contributed by atoms with Gasteiger partial charge >= 0.3 is 5.97 Å². The van der Waals surface area contributed by atoms with Crippen LogP contribution in [0.5, 0.6) is 17.4 Å². The maximum atomic E-state index is 13.2. The monoisotopic (exact) mass is 354 g/mol. The predicted octanol–water partition coefficient (Wildman–Crippen LogP) is 3.52. The van der Waals surface area contributed by atoms with Crippen LogP contribution < -0.4 is 14.2 Å². The van der Waals surface area contributed by atoms with Crippen molar-refractivity contribution in [1.29, 1.82) is 0 Å². The Morgan fingerprint density at radius 3 is 2.46 bits per heavy atom. The van der Waals surface area contributed by atoms with Gasteiger partial charge in [-0.05, 0) is 42.5 Å². The number of carbonyl (C=O) groups is 1. The molecular weight excluding hydrogens is 339 g/mol. The van der Waals surface area contributed by atoms with E-state index in [9.17, 15) is 9.18 Å². The highest BCUT2D eigenvalue weighted by Gasteiger charge is 2.13. The molecule has 0 aliphatic carbocycles. The summed E-state index contributed by atoms with van der Waals surface area (Å²) >= 11 is 0. The topological polar surface area (TPSA) is 70.5 Å². The molecule has 0 saturated heterocycles. The fourth-order valence-electron chi connectivity index (χ4n) is 2.30. The number of ether oxygens (including phenoxy) is 3. The molecule has 0 aliphatic rings. The maximum absolute atomic E-state index is 13.2. The molecular formula is C19H15FN2O4. The lowest BCUT2D eigenvalue weighted by molar-refractivity contribution is 0.0725. The van der Waals surface area contributed by atoms with Gasteiger partial charge in [0.1, 0.15) is 17.3 Å². The molecule has 0 bridgehead atoms. The van der Waals surface area contributed by atoms with Crippen molar-refractivity contribution < 1.29 is 23.4 Å². The van der Waals surface area contributed by atoms with Crippen LogP contribution in [0.25, 0.3) is 11.3 Å². The summed E-state index contributed by atoms with van der Waals surface area (Å²) in [7, 11) is 3.11. The third-order valence-corrected chi connectivity index (χ3v) is 3.58. The van der Waals surface area contributed by atoms with E-state index in [0.29, 0.717) is 22.8 Å². The van der Waals surface area contributed by atoms with Crippen molar-refractivity contribution in [3.8, 4) is 28.6 Å².